The molecule has 17 heavy (non-hydrogen) atoms. The van der Waals surface area contributed by atoms with Crippen LogP contribution in [0.3, 0.4) is 0 Å². The zero-order valence-electron chi connectivity index (χ0n) is 10.8. The molecule has 0 aliphatic rings. The Kier molecular flexibility index (Phi) is 3.20. The molecule has 2 rings (SSSR count). The lowest BCUT2D eigenvalue weighted by atomic mass is 10.1. The summed E-state index contributed by atoms with van der Waals surface area (Å²) in [7, 11) is 0. The molecule has 3 heteroatoms. The van der Waals surface area contributed by atoms with E-state index >= 15 is 0 Å². The molecule has 0 saturated carbocycles. The average Bonchev–Trinajstić information content (AvgIpc) is 2.55. The number of nitrogens with two attached hydrogens (primary N) is 1. The van der Waals surface area contributed by atoms with Crippen LogP contribution in [0.2, 0.25) is 0 Å². The maximum Gasteiger partial charge on any atom is 0.332 e. The van der Waals surface area contributed by atoms with Crippen LogP contribution in [0.15, 0.2) is 24.3 Å². The minimum absolute atomic E-state index is 0.385. The van der Waals surface area contributed by atoms with E-state index in [0.29, 0.717) is 6.04 Å². The second-order valence-corrected chi connectivity index (χ2v) is 5.91. The van der Waals surface area contributed by atoms with Crippen molar-refractivity contribution in [3.63, 3.8) is 0 Å². The van der Waals surface area contributed by atoms with Gasteiger partial charge in [-0.3, -0.25) is 5.73 Å². The van der Waals surface area contributed by atoms with Gasteiger partial charge in [0.15, 0.2) is 0 Å². The standard InChI is InChI=1S/C14H18N2S/c1-9(2)16-13(11(4)17-14(16)15)12-7-5-10(3)6-8-12/h5-9,15H,1-4H3/p+1. The normalized spacial score (nSPS) is 11.1. The molecule has 0 saturated heterocycles. The predicted octanol–water partition coefficient (Wildman–Crippen LogP) is 3.48. The highest BCUT2D eigenvalue weighted by Crippen LogP contribution is 2.28. The molecule has 1 aromatic heterocycles. The maximum absolute atomic E-state index is 6.09. The van der Waals surface area contributed by atoms with Gasteiger partial charge in [0.05, 0.1) is 10.9 Å². The topological polar surface area (TPSA) is 29.9 Å². The first-order chi connectivity index (χ1) is 8.00. The van der Waals surface area contributed by atoms with E-state index in [2.05, 4.69) is 56.5 Å². The molecular formula is C14H19N2S+. The highest BCUT2D eigenvalue weighted by molar-refractivity contribution is 7.15. The highest BCUT2D eigenvalue weighted by Gasteiger charge is 2.22. The molecular weight excluding hydrogens is 228 g/mol. The average molecular weight is 247 g/mol. The van der Waals surface area contributed by atoms with Crippen LogP contribution in [0.5, 0.6) is 0 Å². The number of nitrogens with zero attached hydrogens (tertiary/aromatic N) is 1. The van der Waals surface area contributed by atoms with Gasteiger partial charge in [-0.15, -0.1) is 0 Å². The molecule has 0 fully saturated rings. The number of aryl methyl sites for hydroxylation is 2. The van der Waals surface area contributed by atoms with Gasteiger partial charge in [0.25, 0.3) is 0 Å². The van der Waals surface area contributed by atoms with Crippen molar-refractivity contribution in [3.8, 4) is 11.3 Å². The molecule has 0 atom stereocenters. The number of nitrogen functional groups attached to an aromatic ring is 1. The molecule has 0 spiro atoms. The summed E-state index contributed by atoms with van der Waals surface area (Å²) >= 11 is 1.66. The van der Waals surface area contributed by atoms with Gasteiger partial charge in [-0.25, -0.2) is 4.57 Å². The lowest BCUT2D eigenvalue weighted by Gasteiger charge is -2.08. The number of thiazole rings is 1. The third-order valence-corrected chi connectivity index (χ3v) is 3.82. The van der Waals surface area contributed by atoms with E-state index < -0.39 is 0 Å². The van der Waals surface area contributed by atoms with Crippen LogP contribution in [-0.4, -0.2) is 0 Å². The first-order valence-electron chi connectivity index (χ1n) is 5.88. The van der Waals surface area contributed by atoms with Crippen molar-refractivity contribution in [1.82, 2.24) is 0 Å². The summed E-state index contributed by atoms with van der Waals surface area (Å²) < 4.78 is 2.21. The maximum atomic E-state index is 6.09. The van der Waals surface area contributed by atoms with E-state index in [1.807, 2.05) is 0 Å². The monoisotopic (exact) mass is 247 g/mol. The number of aromatic nitrogens is 1. The molecule has 0 bridgehead atoms. The minimum Gasteiger partial charge on any atom is -0.278 e. The van der Waals surface area contributed by atoms with E-state index in [-0.39, 0.29) is 0 Å². The first kappa shape index (κ1) is 12.1. The Bertz CT molecular complexity index is 524. The number of hydrogen-bond donors (Lipinski definition) is 1. The fourth-order valence-corrected chi connectivity index (χ4v) is 3.13. The Morgan fingerprint density at radius 3 is 2.24 bits per heavy atom. The summed E-state index contributed by atoms with van der Waals surface area (Å²) in [5, 5.41) is 0.882. The molecule has 1 heterocycles. The van der Waals surface area contributed by atoms with E-state index in [1.165, 1.54) is 21.7 Å². The minimum atomic E-state index is 0.385. The summed E-state index contributed by atoms with van der Waals surface area (Å²) in [5.41, 5.74) is 9.87. The van der Waals surface area contributed by atoms with Crippen LogP contribution in [0.4, 0.5) is 5.13 Å². The van der Waals surface area contributed by atoms with Gasteiger partial charge in [-0.05, 0) is 27.7 Å². The highest BCUT2D eigenvalue weighted by atomic mass is 32.1. The summed E-state index contributed by atoms with van der Waals surface area (Å²) in [6.07, 6.45) is 0. The third kappa shape index (κ3) is 2.20. The molecule has 0 aliphatic heterocycles. The van der Waals surface area contributed by atoms with Gasteiger partial charge in [-0.2, -0.15) is 0 Å². The van der Waals surface area contributed by atoms with Crippen molar-refractivity contribution in [1.29, 1.82) is 0 Å². The van der Waals surface area contributed by atoms with Crippen LogP contribution in [0.25, 0.3) is 11.3 Å². The quantitative estimate of drug-likeness (QED) is 0.809. The summed E-state index contributed by atoms with van der Waals surface area (Å²) in [5.74, 6) is 0. The molecule has 0 aliphatic carbocycles. The van der Waals surface area contributed by atoms with Gasteiger partial charge < -0.3 is 0 Å². The zero-order chi connectivity index (χ0) is 12.6. The van der Waals surface area contributed by atoms with Crippen LogP contribution in [0.1, 0.15) is 30.3 Å². The van der Waals surface area contributed by atoms with Crippen LogP contribution < -0.4 is 10.3 Å². The lowest BCUT2D eigenvalue weighted by molar-refractivity contribution is -0.688. The molecule has 2 aromatic rings. The first-order valence-corrected chi connectivity index (χ1v) is 6.69. The van der Waals surface area contributed by atoms with E-state index in [9.17, 15) is 0 Å². The van der Waals surface area contributed by atoms with E-state index in [4.69, 9.17) is 5.73 Å². The van der Waals surface area contributed by atoms with Gasteiger partial charge in [0.2, 0.25) is 0 Å². The number of benzene rings is 1. The van der Waals surface area contributed by atoms with Crippen molar-refractivity contribution in [2.24, 2.45) is 0 Å². The van der Waals surface area contributed by atoms with Crippen LogP contribution in [-0.2, 0) is 0 Å². The molecule has 2 nitrogen and oxygen atoms in total. The van der Waals surface area contributed by atoms with Crippen molar-refractivity contribution >= 4 is 16.5 Å². The molecule has 1 aromatic carbocycles. The number of anilines is 1. The van der Waals surface area contributed by atoms with Crippen molar-refractivity contribution in [2.45, 2.75) is 33.7 Å². The second-order valence-electron chi connectivity index (χ2n) is 4.67. The Morgan fingerprint density at radius 2 is 1.71 bits per heavy atom. The third-order valence-electron chi connectivity index (χ3n) is 2.91. The largest absolute Gasteiger partial charge is 0.332 e. The number of hydrogen-bond acceptors (Lipinski definition) is 2. The second kappa shape index (κ2) is 4.49. The van der Waals surface area contributed by atoms with E-state index in [0.717, 1.165) is 5.13 Å². The molecule has 90 valence electrons. The predicted molar refractivity (Wildman–Crippen MR) is 74.2 cm³/mol. The fourth-order valence-electron chi connectivity index (χ4n) is 2.10. The fraction of sp³-hybridized carbons (Fsp3) is 0.357. The van der Waals surface area contributed by atoms with Gasteiger partial charge >= 0.3 is 5.13 Å². The zero-order valence-corrected chi connectivity index (χ0v) is 11.6. The molecule has 0 amide bonds. The summed E-state index contributed by atoms with van der Waals surface area (Å²) in [6, 6.07) is 9.02. The van der Waals surface area contributed by atoms with E-state index in [1.54, 1.807) is 11.3 Å². The molecule has 0 unspecified atom stereocenters. The van der Waals surface area contributed by atoms with Gasteiger partial charge in [-0.1, -0.05) is 41.2 Å². The van der Waals surface area contributed by atoms with Crippen molar-refractivity contribution in [3.05, 3.63) is 34.7 Å². The Balaban J connectivity index is 2.62. The van der Waals surface area contributed by atoms with Gasteiger partial charge in [0, 0.05) is 5.56 Å². The van der Waals surface area contributed by atoms with Gasteiger partial charge in [0.1, 0.15) is 5.69 Å². The Labute approximate surface area is 107 Å². The lowest BCUT2D eigenvalue weighted by Crippen LogP contribution is -2.39. The summed E-state index contributed by atoms with van der Waals surface area (Å²) in [4.78, 5) is 1.28. The van der Waals surface area contributed by atoms with Crippen LogP contribution >= 0.6 is 11.3 Å². The smallest absolute Gasteiger partial charge is 0.278 e. The van der Waals surface area contributed by atoms with Crippen molar-refractivity contribution < 1.29 is 4.57 Å². The number of rotatable bonds is 2. The molecule has 2 N–H and O–H groups in total. The van der Waals surface area contributed by atoms with Crippen molar-refractivity contribution in [2.75, 3.05) is 5.73 Å². The Hall–Kier alpha value is -1.35. The Morgan fingerprint density at radius 1 is 1.12 bits per heavy atom. The van der Waals surface area contributed by atoms with Crippen LogP contribution in [0, 0.1) is 13.8 Å². The molecule has 0 radical (unpaired) electrons. The summed E-state index contributed by atoms with van der Waals surface area (Å²) in [6.45, 7) is 8.57. The SMILES string of the molecule is Cc1ccc(-c2c(C)sc(N)[n+]2C(C)C)cc1.